The van der Waals surface area contributed by atoms with Crippen molar-refractivity contribution in [3.05, 3.63) is 60.2 Å². The van der Waals surface area contributed by atoms with Crippen molar-refractivity contribution in [1.29, 1.82) is 0 Å². The average molecular weight is 308 g/mol. The van der Waals surface area contributed by atoms with Crippen LogP contribution in [0.3, 0.4) is 0 Å². The maximum Gasteiger partial charge on any atom is 0.201 e. The lowest BCUT2D eigenvalue weighted by Crippen LogP contribution is -1.86. The minimum atomic E-state index is -0.00168. The van der Waals surface area contributed by atoms with Gasteiger partial charge in [0.05, 0.1) is 0 Å². The molecule has 4 rings (SSSR count). The first-order valence-corrected chi connectivity index (χ1v) is 8.43. The molecule has 0 fully saturated rings. The SMILES string of the molecule is CCCc1cccc2o[pH]oc3ccc4ccccc4c3c12. The molecule has 1 atom stereocenters. The van der Waals surface area contributed by atoms with E-state index in [9.17, 15) is 0 Å². The van der Waals surface area contributed by atoms with E-state index in [1.165, 1.54) is 27.1 Å². The first-order chi connectivity index (χ1) is 10.9. The van der Waals surface area contributed by atoms with E-state index in [4.69, 9.17) is 8.39 Å². The van der Waals surface area contributed by atoms with Crippen molar-refractivity contribution in [2.75, 3.05) is 0 Å². The standard InChI is InChI=1S/C19H17O2P/c1-2-6-14-8-5-10-16-18(14)19-15-9-4-3-7-13(15)11-12-17(19)21-22-20-16/h3-5,7-12,22H,2,6H2,1H3. The number of aryl methyl sites for hydroxylation is 1. The molecule has 4 aromatic rings. The highest BCUT2D eigenvalue weighted by atomic mass is 31.1. The van der Waals surface area contributed by atoms with Gasteiger partial charge in [-0.05, 0) is 34.9 Å². The van der Waals surface area contributed by atoms with E-state index in [-0.39, 0.29) is 8.67 Å². The minimum absolute atomic E-state index is 0.00168. The third-order valence-corrected chi connectivity index (χ3v) is 4.68. The van der Waals surface area contributed by atoms with Gasteiger partial charge < -0.3 is 8.39 Å². The lowest BCUT2D eigenvalue weighted by molar-refractivity contribution is 0.662. The van der Waals surface area contributed by atoms with Gasteiger partial charge in [0.2, 0.25) is 8.67 Å². The van der Waals surface area contributed by atoms with Crippen molar-refractivity contribution < 1.29 is 8.39 Å². The van der Waals surface area contributed by atoms with Crippen molar-refractivity contribution in [2.45, 2.75) is 19.8 Å². The predicted molar refractivity (Wildman–Crippen MR) is 94.6 cm³/mol. The third kappa shape index (κ3) is 2.12. The van der Waals surface area contributed by atoms with Gasteiger partial charge in [0.15, 0.2) is 0 Å². The molecule has 0 bridgehead atoms. The molecule has 1 aromatic heterocycles. The largest absolute Gasteiger partial charge is 0.421 e. The summed E-state index contributed by atoms with van der Waals surface area (Å²) in [5.74, 6) is 0. The van der Waals surface area contributed by atoms with Crippen molar-refractivity contribution >= 4 is 41.4 Å². The first kappa shape index (κ1) is 13.5. The van der Waals surface area contributed by atoms with E-state index in [2.05, 4.69) is 55.5 Å². The number of benzene rings is 3. The van der Waals surface area contributed by atoms with E-state index >= 15 is 0 Å². The molecule has 2 nitrogen and oxygen atoms in total. The molecule has 1 unspecified atom stereocenters. The molecule has 22 heavy (non-hydrogen) atoms. The second-order valence-electron chi connectivity index (χ2n) is 5.49. The molecule has 0 spiro atoms. The Labute approximate surface area is 130 Å². The van der Waals surface area contributed by atoms with Gasteiger partial charge in [-0.1, -0.05) is 55.8 Å². The molecule has 110 valence electrons. The van der Waals surface area contributed by atoms with E-state index in [0.29, 0.717) is 0 Å². The van der Waals surface area contributed by atoms with E-state index < -0.39 is 0 Å². The predicted octanol–water partition coefficient (Wildman–Crippen LogP) is 6.44. The number of hydrogen-bond acceptors (Lipinski definition) is 2. The molecule has 1 heterocycles. The van der Waals surface area contributed by atoms with Crippen LogP contribution in [-0.4, -0.2) is 0 Å². The van der Waals surface area contributed by atoms with Gasteiger partial charge in [0.1, 0.15) is 11.2 Å². The molecular formula is C19H17O2P. The molecule has 0 saturated carbocycles. The average Bonchev–Trinajstić information content (AvgIpc) is 2.75. The summed E-state index contributed by atoms with van der Waals surface area (Å²) in [6.45, 7) is 2.21. The third-order valence-electron chi connectivity index (χ3n) is 4.08. The molecule has 3 heteroatoms. The van der Waals surface area contributed by atoms with Crippen molar-refractivity contribution in [1.82, 2.24) is 0 Å². The second kappa shape index (κ2) is 5.55. The van der Waals surface area contributed by atoms with Crippen LogP contribution in [0.5, 0.6) is 0 Å². The first-order valence-electron chi connectivity index (χ1n) is 7.61. The number of rotatable bonds is 2. The number of hydrogen-bond donors (Lipinski definition) is 0. The molecule has 0 amide bonds. The molecule has 0 saturated heterocycles. The van der Waals surface area contributed by atoms with Gasteiger partial charge in [-0.15, -0.1) is 0 Å². The smallest absolute Gasteiger partial charge is 0.201 e. The maximum absolute atomic E-state index is 5.88. The lowest BCUT2D eigenvalue weighted by atomic mass is 9.98. The quantitative estimate of drug-likeness (QED) is 0.426. The van der Waals surface area contributed by atoms with E-state index in [1.54, 1.807) is 0 Å². The Morgan fingerprint density at radius 2 is 1.64 bits per heavy atom. The summed E-state index contributed by atoms with van der Waals surface area (Å²) in [6.07, 6.45) is 2.15. The Morgan fingerprint density at radius 3 is 2.50 bits per heavy atom. The Hall–Kier alpha value is -2.18. The summed E-state index contributed by atoms with van der Waals surface area (Å²) < 4.78 is 11.8. The molecule has 0 aliphatic carbocycles. The molecular weight excluding hydrogens is 291 g/mol. The van der Waals surface area contributed by atoms with Crippen molar-refractivity contribution in [3.8, 4) is 0 Å². The minimum Gasteiger partial charge on any atom is -0.421 e. The lowest BCUT2D eigenvalue weighted by Gasteiger charge is -2.06. The van der Waals surface area contributed by atoms with Gasteiger partial charge >= 0.3 is 0 Å². The zero-order valence-electron chi connectivity index (χ0n) is 12.4. The van der Waals surface area contributed by atoms with Crippen LogP contribution >= 0.6 is 8.67 Å². The van der Waals surface area contributed by atoms with Crippen LogP contribution in [0.2, 0.25) is 0 Å². The van der Waals surface area contributed by atoms with Crippen molar-refractivity contribution in [3.63, 3.8) is 0 Å². The van der Waals surface area contributed by atoms with Crippen LogP contribution in [0.25, 0.3) is 32.7 Å². The highest BCUT2D eigenvalue weighted by Gasteiger charge is 2.10. The van der Waals surface area contributed by atoms with Crippen molar-refractivity contribution in [2.24, 2.45) is 0 Å². The summed E-state index contributed by atoms with van der Waals surface area (Å²) in [5.41, 5.74) is 3.17. The van der Waals surface area contributed by atoms with Gasteiger partial charge in [-0.3, -0.25) is 0 Å². The number of fused-ring (bicyclic) bond motifs is 5. The Kier molecular flexibility index (Phi) is 3.40. The Balaban J connectivity index is 2.33. The van der Waals surface area contributed by atoms with Crippen LogP contribution in [0.15, 0.2) is 63.0 Å². The highest BCUT2D eigenvalue weighted by Crippen LogP contribution is 2.35. The molecule has 0 aliphatic heterocycles. The zero-order valence-corrected chi connectivity index (χ0v) is 13.4. The second-order valence-corrected chi connectivity index (χ2v) is 6.06. The monoisotopic (exact) mass is 308 g/mol. The summed E-state index contributed by atoms with van der Waals surface area (Å²) in [6, 6.07) is 19.0. The fourth-order valence-corrected chi connectivity index (χ4v) is 3.69. The normalized spacial score (nSPS) is 11.7. The van der Waals surface area contributed by atoms with Crippen LogP contribution in [-0.2, 0) is 6.42 Å². The highest BCUT2D eigenvalue weighted by molar-refractivity contribution is 7.15. The summed E-state index contributed by atoms with van der Waals surface area (Å²) in [4.78, 5) is 0. The van der Waals surface area contributed by atoms with Gasteiger partial charge in [0.25, 0.3) is 0 Å². The summed E-state index contributed by atoms with van der Waals surface area (Å²) in [7, 11) is -0.00168. The van der Waals surface area contributed by atoms with E-state index in [0.717, 1.165) is 24.0 Å². The van der Waals surface area contributed by atoms with Gasteiger partial charge in [0, 0.05) is 10.8 Å². The van der Waals surface area contributed by atoms with Crippen LogP contribution in [0.1, 0.15) is 18.9 Å². The molecule has 0 aliphatic rings. The summed E-state index contributed by atoms with van der Waals surface area (Å²) >= 11 is 0. The summed E-state index contributed by atoms with van der Waals surface area (Å²) in [5, 5.41) is 4.82. The molecule has 3 aromatic carbocycles. The van der Waals surface area contributed by atoms with Crippen LogP contribution in [0.4, 0.5) is 0 Å². The van der Waals surface area contributed by atoms with E-state index in [1.807, 2.05) is 6.07 Å². The molecule has 0 radical (unpaired) electrons. The fraction of sp³-hybridized carbons (Fsp3) is 0.158. The Morgan fingerprint density at radius 1 is 0.818 bits per heavy atom. The fourth-order valence-electron chi connectivity index (χ4n) is 3.13. The van der Waals surface area contributed by atoms with Crippen LogP contribution < -0.4 is 0 Å². The molecule has 0 N–H and O–H groups in total. The zero-order chi connectivity index (χ0) is 14.9. The topological polar surface area (TPSA) is 26.3 Å². The van der Waals surface area contributed by atoms with Gasteiger partial charge in [-0.25, -0.2) is 0 Å². The Bertz CT molecular complexity index is 1000. The maximum atomic E-state index is 5.88. The van der Waals surface area contributed by atoms with Crippen LogP contribution in [0, 0.1) is 0 Å². The van der Waals surface area contributed by atoms with Gasteiger partial charge in [-0.2, -0.15) is 0 Å².